The summed E-state index contributed by atoms with van der Waals surface area (Å²) in [7, 11) is 2.50. The van der Waals surface area contributed by atoms with Gasteiger partial charge in [-0.3, -0.25) is 0 Å². The van der Waals surface area contributed by atoms with Gasteiger partial charge in [-0.05, 0) is 18.5 Å². The fraction of sp³-hybridized carbons (Fsp3) is 0.400. The highest BCUT2D eigenvalue weighted by Gasteiger charge is 2.16. The number of rotatable bonds is 4. The third kappa shape index (κ3) is 3.56. The molecule has 0 bridgehead atoms. The van der Waals surface area contributed by atoms with Crippen molar-refractivity contribution in [1.29, 1.82) is 0 Å². The number of carbonyl (C=O) groups excluding carboxylic acids is 2. The lowest BCUT2D eigenvalue weighted by Gasteiger charge is -2.12. The van der Waals surface area contributed by atoms with Crippen LogP contribution in [0.15, 0.2) is 6.07 Å². The lowest BCUT2D eigenvalue weighted by molar-refractivity contribution is -0.141. The van der Waals surface area contributed by atoms with Gasteiger partial charge in [0.15, 0.2) is 5.69 Å². The van der Waals surface area contributed by atoms with Gasteiger partial charge in [0.25, 0.3) is 0 Å². The monoisotopic (exact) mass is 273 g/mol. The number of anilines is 1. The molecule has 0 radical (unpaired) electrons. The molecule has 0 aliphatic carbocycles. The van der Waals surface area contributed by atoms with E-state index in [0.717, 1.165) is 0 Å². The second-order valence-electron chi connectivity index (χ2n) is 3.29. The number of methoxy groups -OCH3 is 2. The molecule has 1 unspecified atom stereocenters. The molecular weight excluding hydrogens is 262 g/mol. The van der Waals surface area contributed by atoms with Crippen molar-refractivity contribution in [3.05, 3.63) is 17.0 Å². The molecule has 8 heteroatoms. The van der Waals surface area contributed by atoms with Crippen molar-refractivity contribution in [1.82, 2.24) is 9.97 Å². The summed E-state index contributed by atoms with van der Waals surface area (Å²) in [6, 6.07) is 0.698. The van der Waals surface area contributed by atoms with Crippen LogP contribution in [0.4, 0.5) is 5.82 Å². The molecule has 98 valence electrons. The summed E-state index contributed by atoms with van der Waals surface area (Å²) in [5.74, 6) is -0.884. The lowest BCUT2D eigenvalue weighted by atomic mass is 10.3. The van der Waals surface area contributed by atoms with Crippen molar-refractivity contribution < 1.29 is 19.1 Å². The summed E-state index contributed by atoms with van der Waals surface area (Å²) in [5, 5.41) is 2.61. The molecule has 1 heterocycles. The largest absolute Gasteiger partial charge is 0.467 e. The summed E-state index contributed by atoms with van der Waals surface area (Å²) >= 11 is 5.66. The van der Waals surface area contributed by atoms with E-state index in [9.17, 15) is 9.59 Å². The Morgan fingerprint density at radius 3 is 2.56 bits per heavy atom. The number of hydrogen-bond acceptors (Lipinski definition) is 7. The van der Waals surface area contributed by atoms with Gasteiger partial charge >= 0.3 is 11.9 Å². The van der Waals surface area contributed by atoms with Gasteiger partial charge in [-0.25, -0.2) is 19.6 Å². The van der Waals surface area contributed by atoms with Crippen LogP contribution in [-0.4, -0.2) is 42.2 Å². The Hall–Kier alpha value is -1.89. The van der Waals surface area contributed by atoms with Crippen LogP contribution in [0.25, 0.3) is 0 Å². The van der Waals surface area contributed by atoms with Crippen LogP contribution in [-0.2, 0) is 14.3 Å². The topological polar surface area (TPSA) is 90.4 Å². The molecule has 0 aliphatic heterocycles. The van der Waals surface area contributed by atoms with E-state index in [-0.39, 0.29) is 16.8 Å². The molecule has 18 heavy (non-hydrogen) atoms. The summed E-state index contributed by atoms with van der Waals surface area (Å²) in [4.78, 5) is 30.1. The number of hydrogen-bond donors (Lipinski definition) is 1. The molecule has 1 aromatic rings. The smallest absolute Gasteiger partial charge is 0.356 e. The minimum absolute atomic E-state index is 0.00272. The maximum Gasteiger partial charge on any atom is 0.356 e. The number of esters is 2. The number of nitrogens with one attached hydrogen (secondary N) is 1. The molecule has 0 spiro atoms. The fourth-order valence-corrected chi connectivity index (χ4v) is 1.34. The predicted molar refractivity (Wildman–Crippen MR) is 63.5 cm³/mol. The van der Waals surface area contributed by atoms with Gasteiger partial charge in [0.1, 0.15) is 11.9 Å². The SMILES string of the molecule is COC(=O)c1cc(NC(C)C(=O)OC)nc(Cl)n1. The van der Waals surface area contributed by atoms with Gasteiger partial charge < -0.3 is 14.8 Å². The molecule has 0 amide bonds. The van der Waals surface area contributed by atoms with Crippen molar-refractivity contribution in [2.75, 3.05) is 19.5 Å². The Kier molecular flexibility index (Phi) is 4.85. The van der Waals surface area contributed by atoms with E-state index in [1.807, 2.05) is 0 Å². The molecule has 1 aromatic heterocycles. The first-order valence-corrected chi connectivity index (χ1v) is 5.33. The van der Waals surface area contributed by atoms with Gasteiger partial charge in [-0.15, -0.1) is 0 Å². The average molecular weight is 274 g/mol. The van der Waals surface area contributed by atoms with Crippen LogP contribution in [0.5, 0.6) is 0 Å². The van der Waals surface area contributed by atoms with Gasteiger partial charge in [0.2, 0.25) is 5.28 Å². The quantitative estimate of drug-likeness (QED) is 0.643. The second-order valence-corrected chi connectivity index (χ2v) is 3.63. The summed E-state index contributed by atoms with van der Waals surface area (Å²) in [5.41, 5.74) is -0.00272. The number of aromatic nitrogens is 2. The zero-order chi connectivity index (χ0) is 13.7. The Balaban J connectivity index is 2.93. The van der Waals surface area contributed by atoms with E-state index in [0.29, 0.717) is 0 Å². The van der Waals surface area contributed by atoms with E-state index >= 15 is 0 Å². The van der Waals surface area contributed by atoms with Crippen molar-refractivity contribution >= 4 is 29.4 Å². The Labute approximate surface area is 108 Å². The van der Waals surface area contributed by atoms with Crippen LogP contribution in [0.1, 0.15) is 17.4 Å². The summed E-state index contributed by atoms with van der Waals surface area (Å²) in [6.45, 7) is 1.58. The third-order valence-corrected chi connectivity index (χ3v) is 2.18. The second kappa shape index (κ2) is 6.15. The Morgan fingerprint density at radius 2 is 2.00 bits per heavy atom. The van der Waals surface area contributed by atoms with E-state index < -0.39 is 18.0 Å². The van der Waals surface area contributed by atoms with Crippen molar-refractivity contribution in [2.45, 2.75) is 13.0 Å². The summed E-state index contributed by atoms with van der Waals surface area (Å²) < 4.78 is 9.06. The average Bonchev–Trinajstić information content (AvgIpc) is 2.35. The molecule has 1 atom stereocenters. The number of nitrogens with zero attached hydrogens (tertiary/aromatic N) is 2. The number of halogens is 1. The normalized spacial score (nSPS) is 11.6. The first-order valence-electron chi connectivity index (χ1n) is 4.95. The molecule has 0 aliphatic rings. The van der Waals surface area contributed by atoms with Crippen molar-refractivity contribution in [3.8, 4) is 0 Å². The van der Waals surface area contributed by atoms with E-state index in [4.69, 9.17) is 11.6 Å². The van der Waals surface area contributed by atoms with Crippen LogP contribution in [0.3, 0.4) is 0 Å². The summed E-state index contributed by atoms with van der Waals surface area (Å²) in [6.07, 6.45) is 0. The van der Waals surface area contributed by atoms with Gasteiger partial charge in [0, 0.05) is 6.07 Å². The molecular formula is C10H12ClN3O4. The van der Waals surface area contributed by atoms with Gasteiger partial charge in [0.05, 0.1) is 14.2 Å². The van der Waals surface area contributed by atoms with Gasteiger partial charge in [-0.2, -0.15) is 0 Å². The molecule has 0 saturated carbocycles. The zero-order valence-corrected chi connectivity index (χ0v) is 10.8. The molecule has 1 rings (SSSR count). The fourth-order valence-electron chi connectivity index (χ4n) is 1.16. The van der Waals surface area contributed by atoms with E-state index in [1.165, 1.54) is 20.3 Å². The zero-order valence-electron chi connectivity index (χ0n) is 10.1. The van der Waals surface area contributed by atoms with Crippen LogP contribution in [0.2, 0.25) is 5.28 Å². The maximum atomic E-state index is 11.3. The van der Waals surface area contributed by atoms with Crippen LogP contribution < -0.4 is 5.32 Å². The van der Waals surface area contributed by atoms with Crippen molar-refractivity contribution in [2.24, 2.45) is 0 Å². The highest BCUT2D eigenvalue weighted by Crippen LogP contribution is 2.12. The standard InChI is InChI=1S/C10H12ClN3O4/c1-5(8(15)17-2)12-7-4-6(9(16)18-3)13-10(11)14-7/h4-5H,1-3H3,(H,12,13,14). The predicted octanol–water partition coefficient (Wildman–Crippen LogP) is 0.890. The molecule has 0 aromatic carbocycles. The highest BCUT2D eigenvalue weighted by atomic mass is 35.5. The first kappa shape index (κ1) is 14.2. The lowest BCUT2D eigenvalue weighted by Crippen LogP contribution is -2.27. The van der Waals surface area contributed by atoms with Crippen LogP contribution >= 0.6 is 11.6 Å². The Bertz CT molecular complexity index is 466. The minimum atomic E-state index is -0.645. The number of carbonyl (C=O) groups is 2. The third-order valence-electron chi connectivity index (χ3n) is 2.01. The van der Waals surface area contributed by atoms with Gasteiger partial charge in [-0.1, -0.05) is 0 Å². The van der Waals surface area contributed by atoms with Crippen molar-refractivity contribution in [3.63, 3.8) is 0 Å². The first-order chi connectivity index (χ1) is 8.47. The molecule has 0 saturated heterocycles. The minimum Gasteiger partial charge on any atom is -0.467 e. The van der Waals surface area contributed by atoms with Crippen LogP contribution in [0, 0.1) is 0 Å². The maximum absolute atomic E-state index is 11.3. The van der Waals surface area contributed by atoms with E-state index in [2.05, 4.69) is 24.8 Å². The Morgan fingerprint density at radius 1 is 1.33 bits per heavy atom. The van der Waals surface area contributed by atoms with E-state index in [1.54, 1.807) is 6.92 Å². The molecule has 7 nitrogen and oxygen atoms in total. The molecule has 0 fully saturated rings. The molecule has 1 N–H and O–H groups in total. The number of ether oxygens (including phenoxy) is 2. The highest BCUT2D eigenvalue weighted by molar-refractivity contribution is 6.28.